The van der Waals surface area contributed by atoms with Gasteiger partial charge in [0.25, 0.3) is 0 Å². The Labute approximate surface area is 130 Å². The van der Waals surface area contributed by atoms with Gasteiger partial charge in [-0.05, 0) is 36.8 Å². The topological polar surface area (TPSA) is 54.9 Å². The van der Waals surface area contributed by atoms with E-state index in [-0.39, 0.29) is 0 Å². The molecule has 0 amide bonds. The molecule has 1 aromatic carbocycles. The number of pyridine rings is 2. The number of hydrogen-bond donors (Lipinski definition) is 1. The van der Waals surface area contributed by atoms with E-state index in [0.29, 0.717) is 11.4 Å². The van der Waals surface area contributed by atoms with Gasteiger partial charge in [0.2, 0.25) is 0 Å². The summed E-state index contributed by atoms with van der Waals surface area (Å²) >= 11 is 3.51. The molecule has 0 bridgehead atoms. The van der Waals surface area contributed by atoms with Gasteiger partial charge in [-0.25, -0.2) is 4.98 Å². The minimum Gasteiger partial charge on any atom is -0.338 e. The van der Waals surface area contributed by atoms with Crippen LogP contribution in [0.25, 0.3) is 10.9 Å². The van der Waals surface area contributed by atoms with Crippen LogP contribution in [0.5, 0.6) is 0 Å². The summed E-state index contributed by atoms with van der Waals surface area (Å²) in [5.41, 5.74) is 3.35. The molecule has 0 spiro atoms. The van der Waals surface area contributed by atoms with Crippen molar-refractivity contribution in [3.8, 4) is 0 Å². The first-order valence-corrected chi connectivity index (χ1v) is 7.20. The minimum absolute atomic E-state index is 0.554. The van der Waals surface area contributed by atoms with Gasteiger partial charge >= 0.3 is 0 Å². The molecule has 1 N–H and O–H groups in total. The molecule has 0 fully saturated rings. The van der Waals surface area contributed by atoms with Gasteiger partial charge in [0.15, 0.2) is 12.1 Å². The average molecular weight is 342 g/mol. The molecule has 104 valence electrons. The minimum atomic E-state index is 0.554. The molecule has 0 aliphatic carbocycles. The number of fused-ring (bicyclic) bond motifs is 1. The van der Waals surface area contributed by atoms with Gasteiger partial charge < -0.3 is 5.32 Å². The second kappa shape index (κ2) is 5.61. The van der Waals surface area contributed by atoms with Crippen LogP contribution in [0.3, 0.4) is 0 Å². The number of aromatic nitrogens is 2. The van der Waals surface area contributed by atoms with Crippen molar-refractivity contribution in [1.29, 1.82) is 0 Å². The maximum atomic E-state index is 10.8. The third-order valence-electron chi connectivity index (χ3n) is 3.28. The van der Waals surface area contributed by atoms with Crippen LogP contribution < -0.4 is 5.32 Å². The zero-order chi connectivity index (χ0) is 14.8. The molecule has 0 aliphatic heterocycles. The van der Waals surface area contributed by atoms with Crippen LogP contribution in [0.4, 0.5) is 11.5 Å². The zero-order valence-corrected chi connectivity index (χ0v) is 12.9. The fourth-order valence-corrected chi connectivity index (χ4v) is 2.47. The summed E-state index contributed by atoms with van der Waals surface area (Å²) in [4.78, 5) is 19.5. The van der Waals surface area contributed by atoms with E-state index in [1.54, 1.807) is 18.5 Å². The number of rotatable bonds is 3. The lowest BCUT2D eigenvalue weighted by Crippen LogP contribution is -1.98. The lowest BCUT2D eigenvalue weighted by Gasteiger charge is -2.11. The van der Waals surface area contributed by atoms with Crippen molar-refractivity contribution in [3.63, 3.8) is 0 Å². The molecule has 5 heteroatoms. The van der Waals surface area contributed by atoms with E-state index in [4.69, 9.17) is 0 Å². The molecule has 0 radical (unpaired) electrons. The van der Waals surface area contributed by atoms with Crippen LogP contribution in [0.1, 0.15) is 15.9 Å². The predicted octanol–water partition coefficient (Wildman–Crippen LogP) is 4.26. The van der Waals surface area contributed by atoms with E-state index in [0.717, 1.165) is 32.9 Å². The summed E-state index contributed by atoms with van der Waals surface area (Å²) in [6, 6.07) is 9.58. The van der Waals surface area contributed by atoms with E-state index in [1.807, 2.05) is 31.2 Å². The molecule has 0 saturated carbocycles. The number of halogens is 1. The van der Waals surface area contributed by atoms with E-state index in [2.05, 4.69) is 31.2 Å². The van der Waals surface area contributed by atoms with Crippen molar-refractivity contribution in [2.45, 2.75) is 6.92 Å². The molecule has 0 atom stereocenters. The normalized spacial score (nSPS) is 10.6. The second-order valence-electron chi connectivity index (χ2n) is 4.66. The van der Waals surface area contributed by atoms with Crippen molar-refractivity contribution < 1.29 is 4.79 Å². The maximum Gasteiger partial charge on any atom is 0.156 e. The maximum absolute atomic E-state index is 10.8. The molecule has 0 aliphatic rings. The molecule has 0 unspecified atom stereocenters. The Hall–Kier alpha value is -2.27. The van der Waals surface area contributed by atoms with E-state index < -0.39 is 0 Å². The molecule has 4 nitrogen and oxygen atoms in total. The van der Waals surface area contributed by atoms with Gasteiger partial charge in [-0.3, -0.25) is 9.78 Å². The van der Waals surface area contributed by atoms with Gasteiger partial charge in [0.05, 0.1) is 0 Å². The smallest absolute Gasteiger partial charge is 0.156 e. The fourth-order valence-electron chi connectivity index (χ4n) is 2.10. The number of nitrogens with one attached hydrogen (secondary N) is 1. The highest BCUT2D eigenvalue weighted by molar-refractivity contribution is 9.10. The van der Waals surface area contributed by atoms with Crippen LogP contribution in [0.2, 0.25) is 0 Å². The first-order valence-electron chi connectivity index (χ1n) is 6.41. The van der Waals surface area contributed by atoms with Crippen LogP contribution in [-0.2, 0) is 0 Å². The summed E-state index contributed by atoms with van der Waals surface area (Å²) in [5, 5.41) is 4.18. The highest BCUT2D eigenvalue weighted by Crippen LogP contribution is 2.28. The third-order valence-corrected chi connectivity index (χ3v) is 4.14. The Bertz CT molecular complexity index is 833. The molecular weight excluding hydrogens is 330 g/mol. The van der Waals surface area contributed by atoms with E-state index in [9.17, 15) is 4.79 Å². The van der Waals surface area contributed by atoms with Gasteiger partial charge in [0.1, 0.15) is 5.52 Å². The van der Waals surface area contributed by atoms with Gasteiger partial charge in [-0.15, -0.1) is 0 Å². The van der Waals surface area contributed by atoms with Crippen LogP contribution in [0, 0.1) is 6.92 Å². The molecule has 0 saturated heterocycles. The quantitative estimate of drug-likeness (QED) is 0.723. The van der Waals surface area contributed by atoms with E-state index in [1.165, 1.54) is 0 Å². The van der Waals surface area contributed by atoms with Crippen molar-refractivity contribution in [3.05, 3.63) is 58.3 Å². The SMILES string of the molecule is Cc1c(Br)cccc1Nc1nccc2cc(C=O)cnc12. The lowest BCUT2D eigenvalue weighted by molar-refractivity contribution is 0.112. The van der Waals surface area contributed by atoms with Crippen LogP contribution in [0.15, 0.2) is 47.2 Å². The highest BCUT2D eigenvalue weighted by atomic mass is 79.9. The third kappa shape index (κ3) is 2.64. The number of benzene rings is 1. The van der Waals surface area contributed by atoms with Gasteiger partial charge in [-0.1, -0.05) is 22.0 Å². The summed E-state index contributed by atoms with van der Waals surface area (Å²) < 4.78 is 1.03. The van der Waals surface area contributed by atoms with Crippen molar-refractivity contribution in [1.82, 2.24) is 9.97 Å². The first kappa shape index (κ1) is 13.7. The summed E-state index contributed by atoms with van der Waals surface area (Å²) in [6.45, 7) is 2.02. The largest absolute Gasteiger partial charge is 0.338 e. The summed E-state index contributed by atoms with van der Waals surface area (Å²) in [7, 11) is 0. The number of nitrogens with zero attached hydrogens (tertiary/aromatic N) is 2. The lowest BCUT2D eigenvalue weighted by atomic mass is 10.2. The van der Waals surface area contributed by atoms with Crippen molar-refractivity contribution >= 4 is 44.6 Å². The Morgan fingerprint density at radius 1 is 1.24 bits per heavy atom. The summed E-state index contributed by atoms with van der Waals surface area (Å²) in [6.07, 6.45) is 4.04. The Kier molecular flexibility index (Phi) is 3.66. The molecule has 2 aromatic heterocycles. The second-order valence-corrected chi connectivity index (χ2v) is 5.51. The van der Waals surface area contributed by atoms with Crippen molar-refractivity contribution in [2.75, 3.05) is 5.32 Å². The molecular formula is C16H12BrN3O. The molecule has 3 rings (SSSR count). The number of carbonyl (C=O) groups is 1. The molecule has 21 heavy (non-hydrogen) atoms. The van der Waals surface area contributed by atoms with E-state index >= 15 is 0 Å². The Morgan fingerprint density at radius 2 is 2.10 bits per heavy atom. The van der Waals surface area contributed by atoms with Crippen molar-refractivity contribution in [2.24, 2.45) is 0 Å². The Balaban J connectivity index is 2.08. The number of carbonyl (C=O) groups excluding carboxylic acids is 1. The number of anilines is 2. The fraction of sp³-hybridized carbons (Fsp3) is 0.0625. The van der Waals surface area contributed by atoms with Crippen LogP contribution >= 0.6 is 15.9 Å². The highest BCUT2D eigenvalue weighted by Gasteiger charge is 2.07. The molecule has 2 heterocycles. The predicted molar refractivity (Wildman–Crippen MR) is 87.1 cm³/mol. The number of aldehydes is 1. The Morgan fingerprint density at radius 3 is 2.90 bits per heavy atom. The molecule has 3 aromatic rings. The number of hydrogen-bond acceptors (Lipinski definition) is 4. The van der Waals surface area contributed by atoms with Gasteiger partial charge in [0, 0.05) is 33.5 Å². The zero-order valence-electron chi connectivity index (χ0n) is 11.3. The monoisotopic (exact) mass is 341 g/mol. The van der Waals surface area contributed by atoms with Gasteiger partial charge in [-0.2, -0.15) is 0 Å². The standard InChI is InChI=1S/C16H12BrN3O/c1-10-13(17)3-2-4-14(10)20-16-15-12(5-6-18-16)7-11(9-21)8-19-15/h2-9H,1H3,(H,18,20). The average Bonchev–Trinajstić information content (AvgIpc) is 2.51. The summed E-state index contributed by atoms with van der Waals surface area (Å²) in [5.74, 6) is 0.672. The first-order chi connectivity index (χ1) is 10.2. The van der Waals surface area contributed by atoms with Crippen LogP contribution in [-0.4, -0.2) is 16.3 Å².